The third kappa shape index (κ3) is 6.11. The van der Waals surface area contributed by atoms with E-state index in [1.54, 1.807) is 0 Å². The predicted molar refractivity (Wildman–Crippen MR) is 91.0 cm³/mol. The van der Waals surface area contributed by atoms with Crippen molar-refractivity contribution in [3.05, 3.63) is 42.8 Å². The van der Waals surface area contributed by atoms with E-state index in [1.807, 2.05) is 0 Å². The second-order valence-electron chi connectivity index (χ2n) is 6.27. The molecule has 0 heteroatoms. The first-order chi connectivity index (χ1) is 9.73. The Balaban J connectivity index is 2.57. The van der Waals surface area contributed by atoms with Crippen molar-refractivity contribution in [2.45, 2.75) is 83.5 Å². The van der Waals surface area contributed by atoms with E-state index < -0.39 is 0 Å². The van der Waals surface area contributed by atoms with Crippen LogP contribution in [0.15, 0.2) is 30.3 Å². The van der Waals surface area contributed by atoms with E-state index in [0.29, 0.717) is 0 Å². The van der Waals surface area contributed by atoms with Gasteiger partial charge in [0.25, 0.3) is 0 Å². The highest BCUT2D eigenvalue weighted by molar-refractivity contribution is 5.26. The highest BCUT2D eigenvalue weighted by Crippen LogP contribution is 2.34. The average Bonchev–Trinajstić information content (AvgIpc) is 2.49. The summed E-state index contributed by atoms with van der Waals surface area (Å²) in [5.74, 6) is 0. The summed E-state index contributed by atoms with van der Waals surface area (Å²) in [6.07, 6.45) is 13.2. The molecule has 0 aliphatic heterocycles. The van der Waals surface area contributed by atoms with Crippen molar-refractivity contribution in [3.8, 4) is 0 Å². The quantitative estimate of drug-likeness (QED) is 0.393. The first-order valence-electron chi connectivity index (χ1n) is 8.64. The second kappa shape index (κ2) is 10.0. The smallest absolute Gasteiger partial charge is 0.00466 e. The Morgan fingerprint density at radius 2 is 1.25 bits per heavy atom. The number of hydrogen-bond donors (Lipinski definition) is 0. The van der Waals surface area contributed by atoms with E-state index in [2.05, 4.69) is 51.1 Å². The molecule has 0 unspecified atom stereocenters. The van der Waals surface area contributed by atoms with Gasteiger partial charge in [-0.1, -0.05) is 95.5 Å². The van der Waals surface area contributed by atoms with Crippen LogP contribution in [0.2, 0.25) is 0 Å². The number of benzene rings is 1. The van der Waals surface area contributed by atoms with Gasteiger partial charge >= 0.3 is 0 Å². The van der Waals surface area contributed by atoms with Crippen LogP contribution < -0.4 is 0 Å². The molecule has 113 valence electrons. The normalized spacial score (nSPS) is 11.8. The van der Waals surface area contributed by atoms with Gasteiger partial charge in [-0.05, 0) is 30.7 Å². The molecule has 1 radical (unpaired) electrons. The van der Waals surface area contributed by atoms with E-state index in [1.165, 1.54) is 69.8 Å². The maximum absolute atomic E-state index is 4.64. The molecule has 0 heterocycles. The lowest BCUT2D eigenvalue weighted by atomic mass is 9.74. The van der Waals surface area contributed by atoms with Gasteiger partial charge in [0, 0.05) is 0 Å². The van der Waals surface area contributed by atoms with Gasteiger partial charge in [0.1, 0.15) is 0 Å². The lowest BCUT2D eigenvalue weighted by molar-refractivity contribution is 0.402. The SMILES string of the molecule is [CH2]C(CCCCCC)(CCCCCC)c1ccccc1. The highest BCUT2D eigenvalue weighted by atomic mass is 14.3. The predicted octanol–water partition coefficient (Wildman–Crippen LogP) is 6.70. The van der Waals surface area contributed by atoms with Crippen LogP contribution >= 0.6 is 0 Å². The Morgan fingerprint density at radius 3 is 1.70 bits per heavy atom. The first-order valence-corrected chi connectivity index (χ1v) is 8.64. The summed E-state index contributed by atoms with van der Waals surface area (Å²) >= 11 is 0. The van der Waals surface area contributed by atoms with E-state index in [4.69, 9.17) is 0 Å². The zero-order valence-electron chi connectivity index (χ0n) is 13.7. The van der Waals surface area contributed by atoms with Gasteiger partial charge in [-0.15, -0.1) is 0 Å². The molecule has 0 aromatic heterocycles. The molecule has 0 saturated carbocycles. The van der Waals surface area contributed by atoms with Crippen molar-refractivity contribution in [2.24, 2.45) is 0 Å². The maximum atomic E-state index is 4.64. The molecule has 0 saturated heterocycles. The third-order valence-corrected chi connectivity index (χ3v) is 4.40. The largest absolute Gasteiger partial charge is 0.0654 e. The Bertz CT molecular complexity index is 313. The van der Waals surface area contributed by atoms with Gasteiger partial charge in [-0.2, -0.15) is 0 Å². The first kappa shape index (κ1) is 17.3. The fraction of sp³-hybridized carbons (Fsp3) is 0.650. The van der Waals surface area contributed by atoms with Crippen LogP contribution in [0.5, 0.6) is 0 Å². The van der Waals surface area contributed by atoms with Crippen LogP contribution in [0.4, 0.5) is 0 Å². The molecular weight excluding hydrogens is 240 g/mol. The summed E-state index contributed by atoms with van der Waals surface area (Å²) in [6.45, 7) is 9.19. The van der Waals surface area contributed by atoms with Gasteiger partial charge in [-0.25, -0.2) is 0 Å². The molecule has 0 N–H and O–H groups in total. The lowest BCUT2D eigenvalue weighted by Crippen LogP contribution is -2.22. The van der Waals surface area contributed by atoms with Crippen molar-refractivity contribution >= 4 is 0 Å². The molecule has 1 rings (SSSR count). The summed E-state index contributed by atoms with van der Waals surface area (Å²) in [5.41, 5.74) is 1.58. The van der Waals surface area contributed by atoms with Crippen LogP contribution in [-0.2, 0) is 5.41 Å². The molecule has 0 fully saturated rings. The average molecular weight is 273 g/mol. The van der Waals surface area contributed by atoms with Crippen molar-refractivity contribution in [2.75, 3.05) is 0 Å². The highest BCUT2D eigenvalue weighted by Gasteiger charge is 2.25. The molecule has 0 nitrogen and oxygen atoms in total. The van der Waals surface area contributed by atoms with E-state index in [-0.39, 0.29) is 5.41 Å². The summed E-state index contributed by atoms with van der Waals surface area (Å²) in [7, 11) is 0. The lowest BCUT2D eigenvalue weighted by Gasteiger charge is -2.30. The number of rotatable bonds is 11. The van der Waals surface area contributed by atoms with Gasteiger partial charge in [0.05, 0.1) is 0 Å². The van der Waals surface area contributed by atoms with E-state index in [0.717, 1.165) is 0 Å². The van der Waals surface area contributed by atoms with Crippen LogP contribution in [0, 0.1) is 6.92 Å². The summed E-state index contributed by atoms with van der Waals surface area (Å²) in [5, 5.41) is 0. The Morgan fingerprint density at radius 1 is 0.750 bits per heavy atom. The molecule has 0 amide bonds. The fourth-order valence-electron chi connectivity index (χ4n) is 2.99. The fourth-order valence-corrected chi connectivity index (χ4v) is 2.99. The van der Waals surface area contributed by atoms with Crippen molar-refractivity contribution in [3.63, 3.8) is 0 Å². The minimum absolute atomic E-state index is 0.142. The zero-order valence-corrected chi connectivity index (χ0v) is 13.7. The van der Waals surface area contributed by atoms with Crippen LogP contribution in [0.25, 0.3) is 0 Å². The zero-order chi connectivity index (χ0) is 14.7. The Labute approximate surface area is 127 Å². The minimum Gasteiger partial charge on any atom is -0.0654 e. The monoisotopic (exact) mass is 273 g/mol. The molecule has 0 aliphatic carbocycles. The van der Waals surface area contributed by atoms with E-state index >= 15 is 0 Å². The molecule has 20 heavy (non-hydrogen) atoms. The molecular formula is C20H33. The second-order valence-corrected chi connectivity index (χ2v) is 6.27. The molecule has 0 atom stereocenters. The Kier molecular flexibility index (Phi) is 8.65. The number of unbranched alkanes of at least 4 members (excludes halogenated alkanes) is 6. The maximum Gasteiger partial charge on any atom is -0.00466 e. The Hall–Kier alpha value is -0.780. The van der Waals surface area contributed by atoms with E-state index in [9.17, 15) is 0 Å². The topological polar surface area (TPSA) is 0 Å². The van der Waals surface area contributed by atoms with Gasteiger partial charge in [0.2, 0.25) is 0 Å². The van der Waals surface area contributed by atoms with Crippen LogP contribution in [0.3, 0.4) is 0 Å². The van der Waals surface area contributed by atoms with Crippen molar-refractivity contribution < 1.29 is 0 Å². The molecule has 0 spiro atoms. The molecule has 0 bridgehead atoms. The van der Waals surface area contributed by atoms with Gasteiger partial charge in [-0.3, -0.25) is 0 Å². The minimum atomic E-state index is 0.142. The number of hydrogen-bond acceptors (Lipinski definition) is 0. The summed E-state index contributed by atoms with van der Waals surface area (Å²) in [6, 6.07) is 11.0. The van der Waals surface area contributed by atoms with Crippen molar-refractivity contribution in [1.29, 1.82) is 0 Å². The van der Waals surface area contributed by atoms with Crippen molar-refractivity contribution in [1.82, 2.24) is 0 Å². The van der Waals surface area contributed by atoms with Gasteiger partial charge < -0.3 is 0 Å². The summed E-state index contributed by atoms with van der Waals surface area (Å²) < 4.78 is 0. The molecule has 1 aromatic rings. The molecule has 1 aromatic carbocycles. The molecule has 0 aliphatic rings. The standard InChI is InChI=1S/C20H33/c1-4-6-8-13-17-20(3,18-14-9-7-5-2)19-15-11-10-12-16-19/h10-12,15-16H,3-9,13-14,17-18H2,1-2H3. The summed E-state index contributed by atoms with van der Waals surface area (Å²) in [4.78, 5) is 0. The van der Waals surface area contributed by atoms with Gasteiger partial charge in [0.15, 0.2) is 0 Å². The van der Waals surface area contributed by atoms with Crippen LogP contribution in [-0.4, -0.2) is 0 Å². The third-order valence-electron chi connectivity index (χ3n) is 4.40. The van der Waals surface area contributed by atoms with Crippen LogP contribution in [0.1, 0.15) is 83.6 Å².